The maximum absolute atomic E-state index is 11.1. The van der Waals surface area contributed by atoms with Crippen LogP contribution in [0, 0.1) is 4.78 Å². The molecule has 0 saturated heterocycles. The van der Waals surface area contributed by atoms with Crippen molar-refractivity contribution < 1.29 is 8.95 Å². The molecule has 0 aliphatic rings. The van der Waals surface area contributed by atoms with Crippen LogP contribution in [0.3, 0.4) is 0 Å². The third kappa shape index (κ3) is 2.87. The molecule has 22 heavy (non-hydrogen) atoms. The topological polar surface area (TPSA) is 75.1 Å². The Morgan fingerprint density at radius 1 is 1.14 bits per heavy atom. The Kier molecular flexibility index (Phi) is 3.93. The SMILES string of the molecule is COc1ccc2c(Nc3ccc([SH](=N)=O)cc3)ccnc2c1. The highest BCUT2D eigenvalue weighted by atomic mass is 32.2. The monoisotopic (exact) mass is 313 g/mol. The van der Waals surface area contributed by atoms with E-state index in [9.17, 15) is 4.21 Å². The lowest BCUT2D eigenvalue weighted by molar-refractivity contribution is 0.415. The number of aromatic nitrogens is 1. The van der Waals surface area contributed by atoms with Crippen molar-refractivity contribution in [2.75, 3.05) is 12.4 Å². The number of methoxy groups -OCH3 is 1. The summed E-state index contributed by atoms with van der Waals surface area (Å²) in [5.74, 6) is 0.765. The zero-order valence-corrected chi connectivity index (χ0v) is 12.8. The first-order chi connectivity index (χ1) is 10.7. The molecule has 0 bridgehead atoms. The van der Waals surface area contributed by atoms with E-state index >= 15 is 0 Å². The molecule has 0 spiro atoms. The summed E-state index contributed by atoms with van der Waals surface area (Å²) in [5, 5.41) is 4.30. The van der Waals surface area contributed by atoms with Crippen LogP contribution < -0.4 is 10.1 Å². The molecule has 1 unspecified atom stereocenters. The number of fused-ring (bicyclic) bond motifs is 1. The number of hydrogen-bond donors (Lipinski definition) is 3. The van der Waals surface area contributed by atoms with Gasteiger partial charge in [0, 0.05) is 33.9 Å². The molecule has 1 aromatic heterocycles. The molecule has 5 nitrogen and oxygen atoms in total. The van der Waals surface area contributed by atoms with Crippen molar-refractivity contribution in [3.63, 3.8) is 0 Å². The lowest BCUT2D eigenvalue weighted by Gasteiger charge is -2.10. The van der Waals surface area contributed by atoms with Crippen LogP contribution in [0.1, 0.15) is 0 Å². The van der Waals surface area contributed by atoms with E-state index in [-0.39, 0.29) is 0 Å². The zero-order valence-electron chi connectivity index (χ0n) is 11.9. The lowest BCUT2D eigenvalue weighted by atomic mass is 10.1. The summed E-state index contributed by atoms with van der Waals surface area (Å²) in [7, 11) is -0.426. The minimum absolute atomic E-state index is 0.518. The highest BCUT2D eigenvalue weighted by molar-refractivity contribution is 7.73. The van der Waals surface area contributed by atoms with E-state index in [0.717, 1.165) is 28.0 Å². The van der Waals surface area contributed by atoms with Crippen LogP contribution in [0.25, 0.3) is 10.9 Å². The van der Waals surface area contributed by atoms with Crippen molar-refractivity contribution in [3.8, 4) is 5.75 Å². The van der Waals surface area contributed by atoms with E-state index in [1.165, 1.54) is 0 Å². The Hall–Kier alpha value is -2.60. The average molecular weight is 313 g/mol. The van der Waals surface area contributed by atoms with Crippen LogP contribution in [0.4, 0.5) is 11.4 Å². The van der Waals surface area contributed by atoms with E-state index in [2.05, 4.69) is 10.3 Å². The molecular formula is C16H15N3O2S. The summed E-state index contributed by atoms with van der Waals surface area (Å²) < 4.78 is 23.6. The molecular weight excluding hydrogens is 298 g/mol. The quantitative estimate of drug-likeness (QED) is 0.643. The standard InChI is InChI=1S/C16H15N3O2S/c1-21-12-4-7-14-15(8-9-18-16(14)10-12)19-11-2-5-13(6-3-11)22(17)20/h2-10,17,22H,1H3,(H,18,19). The zero-order chi connectivity index (χ0) is 15.5. The molecule has 0 amide bonds. The first kappa shape index (κ1) is 14.3. The third-order valence-electron chi connectivity index (χ3n) is 3.33. The van der Waals surface area contributed by atoms with Crippen molar-refractivity contribution >= 4 is 32.9 Å². The number of hydrogen-bond acceptors (Lipinski definition) is 5. The summed E-state index contributed by atoms with van der Waals surface area (Å²) in [4.78, 5) is 4.86. The molecule has 0 aliphatic heterocycles. The van der Waals surface area contributed by atoms with Gasteiger partial charge in [-0.1, -0.05) is 0 Å². The Balaban J connectivity index is 1.96. The number of nitrogens with one attached hydrogen (secondary N) is 2. The van der Waals surface area contributed by atoms with E-state index in [4.69, 9.17) is 9.52 Å². The van der Waals surface area contributed by atoms with Gasteiger partial charge < -0.3 is 10.1 Å². The van der Waals surface area contributed by atoms with Crippen molar-refractivity contribution in [3.05, 3.63) is 54.7 Å². The van der Waals surface area contributed by atoms with Gasteiger partial charge in [-0.3, -0.25) is 9.76 Å². The normalized spacial score (nSPS) is 12.0. The van der Waals surface area contributed by atoms with Gasteiger partial charge in [0.2, 0.25) is 0 Å². The summed E-state index contributed by atoms with van der Waals surface area (Å²) in [6, 6.07) is 14.6. The number of pyridine rings is 1. The molecule has 1 atom stereocenters. The second kappa shape index (κ2) is 6.03. The molecule has 2 aromatic carbocycles. The maximum Gasteiger partial charge on any atom is 0.121 e. The van der Waals surface area contributed by atoms with E-state index in [1.807, 2.05) is 36.4 Å². The second-order valence-electron chi connectivity index (χ2n) is 4.71. The van der Waals surface area contributed by atoms with Gasteiger partial charge in [-0.2, -0.15) is 0 Å². The fourth-order valence-corrected chi connectivity index (χ4v) is 2.62. The first-order valence-electron chi connectivity index (χ1n) is 6.66. The number of rotatable bonds is 4. The maximum atomic E-state index is 11.1. The second-order valence-corrected chi connectivity index (χ2v) is 5.81. The average Bonchev–Trinajstić information content (AvgIpc) is 2.55. The van der Waals surface area contributed by atoms with Crippen LogP contribution >= 0.6 is 0 Å². The van der Waals surface area contributed by atoms with Gasteiger partial charge in [-0.15, -0.1) is 0 Å². The van der Waals surface area contributed by atoms with Crippen LogP contribution in [0.15, 0.2) is 59.6 Å². The molecule has 0 radical (unpaired) electrons. The molecule has 6 heteroatoms. The Bertz CT molecular complexity index is 882. The predicted octanol–water partition coefficient (Wildman–Crippen LogP) is 3.59. The van der Waals surface area contributed by atoms with Crippen LogP contribution in [-0.4, -0.2) is 16.3 Å². The summed E-state index contributed by atoms with van der Waals surface area (Å²) >= 11 is 0. The molecule has 0 saturated carbocycles. The van der Waals surface area contributed by atoms with Gasteiger partial charge in [0.05, 0.1) is 23.2 Å². The molecule has 3 rings (SSSR count). The van der Waals surface area contributed by atoms with Crippen LogP contribution in [0.2, 0.25) is 0 Å². The molecule has 0 aliphatic carbocycles. The number of benzene rings is 2. The summed E-state index contributed by atoms with van der Waals surface area (Å²) in [5.41, 5.74) is 2.63. The highest BCUT2D eigenvalue weighted by Gasteiger charge is 2.04. The predicted molar refractivity (Wildman–Crippen MR) is 88.5 cm³/mol. The van der Waals surface area contributed by atoms with E-state index in [0.29, 0.717) is 4.90 Å². The number of nitrogens with zero attached hydrogens (tertiary/aromatic N) is 1. The smallest absolute Gasteiger partial charge is 0.121 e. The van der Waals surface area contributed by atoms with Crippen molar-refractivity contribution in [1.29, 1.82) is 4.78 Å². The Morgan fingerprint density at radius 2 is 1.91 bits per heavy atom. The van der Waals surface area contributed by atoms with Crippen LogP contribution in [0.5, 0.6) is 5.75 Å². The van der Waals surface area contributed by atoms with E-state index in [1.54, 1.807) is 25.4 Å². The van der Waals surface area contributed by atoms with Gasteiger partial charge in [0.25, 0.3) is 0 Å². The fraction of sp³-hybridized carbons (Fsp3) is 0.0625. The van der Waals surface area contributed by atoms with Gasteiger partial charge >= 0.3 is 0 Å². The lowest BCUT2D eigenvalue weighted by Crippen LogP contribution is -1.93. The Morgan fingerprint density at radius 3 is 2.59 bits per heavy atom. The molecule has 1 heterocycles. The third-order valence-corrected chi connectivity index (χ3v) is 4.10. The van der Waals surface area contributed by atoms with Gasteiger partial charge in [0.15, 0.2) is 0 Å². The van der Waals surface area contributed by atoms with Crippen molar-refractivity contribution in [1.82, 2.24) is 4.98 Å². The van der Waals surface area contributed by atoms with Gasteiger partial charge in [0.1, 0.15) is 5.75 Å². The molecule has 112 valence electrons. The number of anilines is 2. The van der Waals surface area contributed by atoms with Crippen molar-refractivity contribution in [2.45, 2.75) is 4.90 Å². The van der Waals surface area contributed by atoms with E-state index < -0.39 is 10.6 Å². The summed E-state index contributed by atoms with van der Waals surface area (Å²) in [6.07, 6.45) is 1.74. The Labute approximate surface area is 130 Å². The number of thiol groups is 1. The molecule has 0 fully saturated rings. The highest BCUT2D eigenvalue weighted by Crippen LogP contribution is 2.27. The van der Waals surface area contributed by atoms with Gasteiger partial charge in [-0.05, 0) is 42.5 Å². The van der Waals surface area contributed by atoms with Crippen LogP contribution in [-0.2, 0) is 10.6 Å². The molecule has 3 aromatic rings. The minimum atomic E-state index is -2.05. The molecule has 2 N–H and O–H groups in total. The largest absolute Gasteiger partial charge is 0.497 e. The fourth-order valence-electron chi connectivity index (χ4n) is 2.20. The minimum Gasteiger partial charge on any atom is -0.497 e. The summed E-state index contributed by atoms with van der Waals surface area (Å²) in [6.45, 7) is 0. The first-order valence-corrected chi connectivity index (χ1v) is 7.91. The van der Waals surface area contributed by atoms with Gasteiger partial charge in [-0.25, -0.2) is 4.21 Å². The van der Waals surface area contributed by atoms with Crippen molar-refractivity contribution in [2.24, 2.45) is 0 Å². The number of ether oxygens (including phenoxy) is 1.